The number of aromatic nitrogens is 2. The van der Waals surface area contributed by atoms with Crippen LogP contribution in [0.4, 0.5) is 14.6 Å². The smallest absolute Gasteiger partial charge is 0.297 e. The molecule has 1 saturated heterocycles. The van der Waals surface area contributed by atoms with Crippen LogP contribution in [0.25, 0.3) is 10.9 Å². The van der Waals surface area contributed by atoms with E-state index in [4.69, 9.17) is 0 Å². The van der Waals surface area contributed by atoms with Gasteiger partial charge in [0.25, 0.3) is 6.43 Å². The summed E-state index contributed by atoms with van der Waals surface area (Å²) in [6.07, 6.45) is 0.913. The van der Waals surface area contributed by atoms with Crippen molar-refractivity contribution < 1.29 is 8.78 Å². The molecule has 0 amide bonds. The van der Waals surface area contributed by atoms with Crippen molar-refractivity contribution >= 4 is 16.7 Å². The van der Waals surface area contributed by atoms with Crippen LogP contribution in [0, 0.1) is 0 Å². The highest BCUT2D eigenvalue weighted by Crippen LogP contribution is 2.34. The van der Waals surface area contributed by atoms with Crippen molar-refractivity contribution in [3.63, 3.8) is 0 Å². The van der Waals surface area contributed by atoms with E-state index in [1.54, 1.807) is 12.1 Å². The standard InChI is InChI=1S/C17H20F2N4/c1-10-8-11(9-23(10)12-6-7-12)20-16-13-4-2-3-5-14(13)21-17(22-16)15(18)19/h2-5,10-12,15H,6-9H2,1H3,(H,20,21,22). The van der Waals surface area contributed by atoms with Gasteiger partial charge >= 0.3 is 0 Å². The molecule has 2 aliphatic rings. The van der Waals surface area contributed by atoms with Crippen LogP contribution in [0.1, 0.15) is 38.4 Å². The topological polar surface area (TPSA) is 41.1 Å². The Morgan fingerprint density at radius 2 is 2.00 bits per heavy atom. The highest BCUT2D eigenvalue weighted by molar-refractivity contribution is 5.89. The summed E-state index contributed by atoms with van der Waals surface area (Å²) in [5.41, 5.74) is 0.561. The monoisotopic (exact) mass is 318 g/mol. The zero-order valence-electron chi connectivity index (χ0n) is 13.0. The SMILES string of the molecule is CC1CC(Nc2nc(C(F)F)nc3ccccc23)CN1C1CC1. The number of halogens is 2. The molecule has 1 aromatic carbocycles. The van der Waals surface area contributed by atoms with Gasteiger partial charge in [-0.15, -0.1) is 0 Å². The average Bonchev–Trinajstić information content (AvgIpc) is 3.31. The Morgan fingerprint density at radius 3 is 2.74 bits per heavy atom. The summed E-state index contributed by atoms with van der Waals surface area (Å²) in [6, 6.07) is 8.81. The van der Waals surface area contributed by atoms with Crippen molar-refractivity contribution in [2.75, 3.05) is 11.9 Å². The largest absolute Gasteiger partial charge is 0.365 e. The molecular formula is C17H20F2N4. The third-order valence-corrected chi connectivity index (χ3v) is 4.80. The maximum Gasteiger partial charge on any atom is 0.297 e. The number of rotatable bonds is 4. The average molecular weight is 318 g/mol. The zero-order valence-corrected chi connectivity index (χ0v) is 13.0. The minimum atomic E-state index is -2.66. The number of hydrogen-bond donors (Lipinski definition) is 1. The van der Waals surface area contributed by atoms with Gasteiger partial charge in [-0.25, -0.2) is 18.7 Å². The summed E-state index contributed by atoms with van der Waals surface area (Å²) in [7, 11) is 0. The van der Waals surface area contributed by atoms with Gasteiger partial charge in [0, 0.05) is 30.1 Å². The normalized spacial score (nSPS) is 25.4. The first-order chi connectivity index (χ1) is 11.1. The maximum atomic E-state index is 13.1. The Kier molecular flexibility index (Phi) is 3.64. The molecule has 0 spiro atoms. The molecule has 4 nitrogen and oxygen atoms in total. The zero-order chi connectivity index (χ0) is 16.0. The van der Waals surface area contributed by atoms with Gasteiger partial charge < -0.3 is 5.32 Å². The summed E-state index contributed by atoms with van der Waals surface area (Å²) < 4.78 is 26.1. The number of benzene rings is 1. The van der Waals surface area contributed by atoms with E-state index in [-0.39, 0.29) is 6.04 Å². The predicted molar refractivity (Wildman–Crippen MR) is 85.7 cm³/mol. The van der Waals surface area contributed by atoms with Crippen molar-refractivity contribution in [3.8, 4) is 0 Å². The highest BCUT2D eigenvalue weighted by Gasteiger charge is 2.38. The van der Waals surface area contributed by atoms with Gasteiger partial charge in [-0.3, -0.25) is 4.90 Å². The fraction of sp³-hybridized carbons (Fsp3) is 0.529. The van der Waals surface area contributed by atoms with Crippen LogP contribution < -0.4 is 5.32 Å². The number of para-hydroxylation sites is 1. The number of nitrogens with one attached hydrogen (secondary N) is 1. The Balaban J connectivity index is 1.63. The number of nitrogens with zero attached hydrogens (tertiary/aromatic N) is 3. The molecule has 1 saturated carbocycles. The molecule has 1 aliphatic heterocycles. The van der Waals surface area contributed by atoms with E-state index < -0.39 is 12.2 Å². The van der Waals surface area contributed by atoms with Gasteiger partial charge in [-0.2, -0.15) is 0 Å². The van der Waals surface area contributed by atoms with E-state index in [1.807, 2.05) is 12.1 Å². The first-order valence-electron chi connectivity index (χ1n) is 8.19. The van der Waals surface area contributed by atoms with E-state index in [0.717, 1.165) is 24.4 Å². The van der Waals surface area contributed by atoms with Gasteiger partial charge in [-0.05, 0) is 38.3 Å². The number of fused-ring (bicyclic) bond motifs is 1. The summed E-state index contributed by atoms with van der Waals surface area (Å²) in [4.78, 5) is 10.6. The minimum absolute atomic E-state index is 0.245. The van der Waals surface area contributed by atoms with E-state index >= 15 is 0 Å². The molecule has 0 bridgehead atoms. The molecule has 2 fully saturated rings. The second-order valence-corrected chi connectivity index (χ2v) is 6.60. The Hall–Kier alpha value is -1.82. The van der Waals surface area contributed by atoms with Gasteiger partial charge in [0.15, 0.2) is 5.82 Å². The fourth-order valence-electron chi connectivity index (χ4n) is 3.57. The van der Waals surface area contributed by atoms with Crippen molar-refractivity contribution in [3.05, 3.63) is 30.1 Å². The van der Waals surface area contributed by atoms with E-state index in [2.05, 4.69) is 27.1 Å². The van der Waals surface area contributed by atoms with Crippen LogP contribution in [0.15, 0.2) is 24.3 Å². The molecule has 4 rings (SSSR count). The Labute approximate surface area is 133 Å². The molecule has 6 heteroatoms. The first-order valence-corrected chi connectivity index (χ1v) is 8.19. The highest BCUT2D eigenvalue weighted by atomic mass is 19.3. The first kappa shape index (κ1) is 14.8. The second-order valence-electron chi connectivity index (χ2n) is 6.60. The lowest BCUT2D eigenvalue weighted by atomic mass is 10.1. The lowest BCUT2D eigenvalue weighted by Gasteiger charge is -2.20. The molecule has 1 aromatic heterocycles. The summed E-state index contributed by atoms with van der Waals surface area (Å²) in [6.45, 7) is 3.19. The van der Waals surface area contributed by atoms with Crippen LogP contribution in [-0.2, 0) is 0 Å². The predicted octanol–water partition coefficient (Wildman–Crippen LogP) is 3.60. The third kappa shape index (κ3) is 2.87. The van der Waals surface area contributed by atoms with Gasteiger partial charge in [0.05, 0.1) is 5.52 Å². The van der Waals surface area contributed by atoms with Crippen LogP contribution in [0.3, 0.4) is 0 Å². The van der Waals surface area contributed by atoms with Crippen molar-refractivity contribution in [2.24, 2.45) is 0 Å². The van der Waals surface area contributed by atoms with Crippen LogP contribution in [0.2, 0.25) is 0 Å². The number of likely N-dealkylation sites (tertiary alicyclic amines) is 1. The second kappa shape index (κ2) is 5.67. The van der Waals surface area contributed by atoms with Gasteiger partial charge in [-0.1, -0.05) is 12.1 Å². The summed E-state index contributed by atoms with van der Waals surface area (Å²) in [5.74, 6) is 0.122. The molecule has 1 aliphatic carbocycles. The maximum absolute atomic E-state index is 13.1. The number of hydrogen-bond acceptors (Lipinski definition) is 4. The Morgan fingerprint density at radius 1 is 1.22 bits per heavy atom. The van der Waals surface area contributed by atoms with Crippen molar-refractivity contribution in [1.29, 1.82) is 0 Å². The lowest BCUT2D eigenvalue weighted by molar-refractivity contribution is 0.141. The van der Waals surface area contributed by atoms with Crippen LogP contribution in [0.5, 0.6) is 0 Å². The molecule has 0 radical (unpaired) electrons. The van der Waals surface area contributed by atoms with Crippen molar-refractivity contribution in [1.82, 2.24) is 14.9 Å². The fourth-order valence-corrected chi connectivity index (χ4v) is 3.57. The quantitative estimate of drug-likeness (QED) is 0.935. The van der Waals surface area contributed by atoms with Crippen molar-refractivity contribution in [2.45, 2.75) is 50.7 Å². The molecule has 122 valence electrons. The van der Waals surface area contributed by atoms with E-state index in [0.29, 0.717) is 17.4 Å². The molecule has 2 heterocycles. The minimum Gasteiger partial charge on any atom is -0.365 e. The van der Waals surface area contributed by atoms with E-state index in [1.165, 1.54) is 12.8 Å². The van der Waals surface area contributed by atoms with Crippen LogP contribution in [-0.4, -0.2) is 39.5 Å². The molecule has 2 atom stereocenters. The number of anilines is 1. The molecule has 1 N–H and O–H groups in total. The van der Waals surface area contributed by atoms with Crippen LogP contribution >= 0.6 is 0 Å². The van der Waals surface area contributed by atoms with Gasteiger partial charge in [0.1, 0.15) is 5.82 Å². The summed E-state index contributed by atoms with van der Waals surface area (Å²) >= 11 is 0. The molecule has 23 heavy (non-hydrogen) atoms. The molecule has 2 aromatic rings. The molecular weight excluding hydrogens is 298 g/mol. The molecule has 2 unspecified atom stereocenters. The third-order valence-electron chi connectivity index (χ3n) is 4.80. The number of alkyl halides is 2. The summed E-state index contributed by atoms with van der Waals surface area (Å²) in [5, 5.41) is 4.20. The Bertz CT molecular complexity index is 717. The van der Waals surface area contributed by atoms with Gasteiger partial charge in [0.2, 0.25) is 0 Å². The van der Waals surface area contributed by atoms with E-state index in [9.17, 15) is 8.78 Å². The lowest BCUT2D eigenvalue weighted by Crippen LogP contribution is -2.31.